The number of nitrogens with zero attached hydrogens (tertiary/aromatic N) is 2. The van der Waals surface area contributed by atoms with Crippen LogP contribution in [0.3, 0.4) is 0 Å². The summed E-state index contributed by atoms with van der Waals surface area (Å²) in [5.74, 6) is -0.323. The zero-order valence-electron chi connectivity index (χ0n) is 13.6. The molecule has 2 aromatic rings. The van der Waals surface area contributed by atoms with Gasteiger partial charge in [-0.1, -0.05) is 24.3 Å². The molecule has 1 aliphatic rings. The smallest absolute Gasteiger partial charge is 0.227 e. The highest BCUT2D eigenvalue weighted by molar-refractivity contribution is 9.10. The van der Waals surface area contributed by atoms with Crippen LogP contribution in [0.5, 0.6) is 0 Å². The Morgan fingerprint density at radius 1 is 1.12 bits per heavy atom. The van der Waals surface area contributed by atoms with Crippen molar-refractivity contribution in [2.75, 3.05) is 31.1 Å². The van der Waals surface area contributed by atoms with Crippen molar-refractivity contribution in [3.8, 4) is 0 Å². The molecule has 3 rings (SSSR count). The number of hydrogen-bond donors (Lipinski definition) is 0. The monoisotopic (exact) mass is 390 g/mol. The van der Waals surface area contributed by atoms with Gasteiger partial charge < -0.3 is 9.80 Å². The van der Waals surface area contributed by atoms with E-state index in [-0.39, 0.29) is 18.1 Å². The number of carbonyl (C=O) groups excluding carboxylic acids is 1. The lowest BCUT2D eigenvalue weighted by molar-refractivity contribution is -0.130. The largest absolute Gasteiger partial charge is 0.367 e. The third kappa shape index (κ3) is 3.78. The van der Waals surface area contributed by atoms with Gasteiger partial charge in [0.25, 0.3) is 0 Å². The first-order valence-electron chi connectivity index (χ1n) is 8.07. The average molecular weight is 391 g/mol. The molecule has 1 amide bonds. The molecule has 1 heterocycles. The fourth-order valence-electron chi connectivity index (χ4n) is 2.98. The van der Waals surface area contributed by atoms with Crippen LogP contribution >= 0.6 is 15.9 Å². The van der Waals surface area contributed by atoms with Crippen molar-refractivity contribution in [2.45, 2.75) is 13.3 Å². The number of piperazine rings is 1. The lowest BCUT2D eigenvalue weighted by Crippen LogP contribution is -2.49. The van der Waals surface area contributed by atoms with Gasteiger partial charge in [-0.15, -0.1) is 0 Å². The second kappa shape index (κ2) is 7.34. The average Bonchev–Trinajstić information content (AvgIpc) is 2.57. The van der Waals surface area contributed by atoms with Crippen molar-refractivity contribution < 1.29 is 9.18 Å². The molecule has 1 fully saturated rings. The van der Waals surface area contributed by atoms with Crippen molar-refractivity contribution in [2.24, 2.45) is 0 Å². The van der Waals surface area contributed by atoms with Crippen LogP contribution in [0.15, 0.2) is 46.9 Å². The van der Waals surface area contributed by atoms with Gasteiger partial charge in [-0.05, 0) is 52.2 Å². The van der Waals surface area contributed by atoms with Gasteiger partial charge in [0, 0.05) is 30.7 Å². The molecule has 0 atom stereocenters. The van der Waals surface area contributed by atoms with Crippen LogP contribution in [-0.4, -0.2) is 37.0 Å². The zero-order valence-corrected chi connectivity index (χ0v) is 15.2. The highest BCUT2D eigenvalue weighted by atomic mass is 79.9. The summed E-state index contributed by atoms with van der Waals surface area (Å²) in [6.45, 7) is 4.95. The highest BCUT2D eigenvalue weighted by Crippen LogP contribution is 2.28. The zero-order chi connectivity index (χ0) is 17.1. The van der Waals surface area contributed by atoms with Crippen LogP contribution in [0.1, 0.15) is 11.1 Å². The predicted octanol–water partition coefficient (Wildman–Crippen LogP) is 3.79. The molecule has 5 heteroatoms. The van der Waals surface area contributed by atoms with Crippen molar-refractivity contribution in [1.29, 1.82) is 0 Å². The molecule has 1 aliphatic heterocycles. The Labute approximate surface area is 150 Å². The molecule has 0 aliphatic carbocycles. The number of anilines is 1. The van der Waals surface area contributed by atoms with Crippen molar-refractivity contribution in [3.05, 3.63) is 63.9 Å². The van der Waals surface area contributed by atoms with Crippen LogP contribution in [0.2, 0.25) is 0 Å². The number of hydrogen-bond acceptors (Lipinski definition) is 2. The molecule has 0 aromatic heterocycles. The van der Waals surface area contributed by atoms with Gasteiger partial charge in [0.05, 0.1) is 12.1 Å². The Hall–Kier alpha value is -1.88. The molecule has 3 nitrogen and oxygen atoms in total. The van der Waals surface area contributed by atoms with Crippen LogP contribution in [0, 0.1) is 12.7 Å². The maximum Gasteiger partial charge on any atom is 0.227 e. The van der Waals surface area contributed by atoms with E-state index in [0.717, 1.165) is 23.2 Å². The van der Waals surface area contributed by atoms with Crippen molar-refractivity contribution in [3.63, 3.8) is 0 Å². The minimum Gasteiger partial charge on any atom is -0.367 e. The summed E-state index contributed by atoms with van der Waals surface area (Å²) in [6.07, 6.45) is 0.126. The third-order valence-corrected chi connectivity index (χ3v) is 5.01. The summed E-state index contributed by atoms with van der Waals surface area (Å²) in [5.41, 5.74) is 2.83. The van der Waals surface area contributed by atoms with Gasteiger partial charge in [0.1, 0.15) is 5.82 Å². The van der Waals surface area contributed by atoms with E-state index in [1.165, 1.54) is 11.6 Å². The molecule has 0 spiro atoms. The van der Waals surface area contributed by atoms with Gasteiger partial charge in [-0.25, -0.2) is 4.39 Å². The highest BCUT2D eigenvalue weighted by Gasteiger charge is 2.23. The lowest BCUT2D eigenvalue weighted by Gasteiger charge is -2.36. The Morgan fingerprint density at radius 3 is 2.50 bits per heavy atom. The second-order valence-electron chi connectivity index (χ2n) is 6.09. The van der Waals surface area contributed by atoms with E-state index in [9.17, 15) is 9.18 Å². The minimum absolute atomic E-state index is 0.0114. The van der Waals surface area contributed by atoms with E-state index in [1.54, 1.807) is 18.2 Å². The van der Waals surface area contributed by atoms with Crippen LogP contribution < -0.4 is 4.90 Å². The van der Waals surface area contributed by atoms with Crippen molar-refractivity contribution >= 4 is 27.5 Å². The standard InChI is InChI=1S/C19H20BrFN2O/c1-14-6-7-18(16(20)12-14)22-8-10-23(11-9-22)19(24)13-15-4-2-3-5-17(15)21/h2-7,12H,8-11,13H2,1H3. The fraction of sp³-hybridized carbons (Fsp3) is 0.316. The molecule has 0 N–H and O–H groups in total. The van der Waals surface area contributed by atoms with Gasteiger partial charge in [-0.2, -0.15) is 0 Å². The van der Waals surface area contributed by atoms with Crippen LogP contribution in [0.4, 0.5) is 10.1 Å². The van der Waals surface area contributed by atoms with Gasteiger partial charge in [0.15, 0.2) is 0 Å². The molecule has 0 unspecified atom stereocenters. The quantitative estimate of drug-likeness (QED) is 0.795. The first-order chi connectivity index (χ1) is 11.5. The number of halogens is 2. The molecule has 1 saturated heterocycles. The van der Waals surface area contributed by atoms with Crippen LogP contribution in [-0.2, 0) is 11.2 Å². The maximum absolute atomic E-state index is 13.7. The Bertz CT molecular complexity index is 742. The summed E-state index contributed by atoms with van der Waals surface area (Å²) in [6, 6.07) is 12.8. The predicted molar refractivity (Wildman–Crippen MR) is 97.8 cm³/mol. The molecule has 2 aromatic carbocycles. The number of amides is 1. The molecule has 0 bridgehead atoms. The van der Waals surface area contributed by atoms with E-state index in [1.807, 2.05) is 4.90 Å². The summed E-state index contributed by atoms with van der Waals surface area (Å²) < 4.78 is 14.8. The SMILES string of the molecule is Cc1ccc(N2CCN(C(=O)Cc3ccccc3F)CC2)c(Br)c1. The molecule has 0 saturated carbocycles. The van der Waals surface area contributed by atoms with E-state index in [4.69, 9.17) is 0 Å². The molecular weight excluding hydrogens is 371 g/mol. The van der Waals surface area contributed by atoms with Gasteiger partial charge in [-0.3, -0.25) is 4.79 Å². The molecular formula is C19H20BrFN2O. The molecule has 24 heavy (non-hydrogen) atoms. The van der Waals surface area contributed by atoms with Crippen LogP contribution in [0.25, 0.3) is 0 Å². The van der Waals surface area contributed by atoms with Gasteiger partial charge >= 0.3 is 0 Å². The molecule has 126 valence electrons. The fourth-order valence-corrected chi connectivity index (χ4v) is 3.73. The number of benzene rings is 2. The Kier molecular flexibility index (Phi) is 5.19. The summed E-state index contributed by atoms with van der Waals surface area (Å²) >= 11 is 3.62. The van der Waals surface area contributed by atoms with E-state index in [2.05, 4.69) is 46.0 Å². The summed E-state index contributed by atoms with van der Waals surface area (Å²) in [5, 5.41) is 0. The normalized spacial score (nSPS) is 14.8. The topological polar surface area (TPSA) is 23.6 Å². The van der Waals surface area contributed by atoms with E-state index < -0.39 is 0 Å². The number of carbonyl (C=O) groups is 1. The number of aryl methyl sites for hydroxylation is 1. The van der Waals surface area contributed by atoms with Crippen molar-refractivity contribution in [1.82, 2.24) is 4.90 Å². The number of rotatable bonds is 3. The maximum atomic E-state index is 13.7. The summed E-state index contributed by atoms with van der Waals surface area (Å²) in [4.78, 5) is 16.5. The summed E-state index contributed by atoms with van der Waals surface area (Å²) in [7, 11) is 0. The molecule has 0 radical (unpaired) electrons. The Balaban J connectivity index is 1.60. The lowest BCUT2D eigenvalue weighted by atomic mass is 10.1. The van der Waals surface area contributed by atoms with E-state index >= 15 is 0 Å². The third-order valence-electron chi connectivity index (χ3n) is 4.38. The second-order valence-corrected chi connectivity index (χ2v) is 6.95. The Morgan fingerprint density at radius 2 is 1.83 bits per heavy atom. The van der Waals surface area contributed by atoms with Gasteiger partial charge in [0.2, 0.25) is 5.91 Å². The first-order valence-corrected chi connectivity index (χ1v) is 8.86. The van der Waals surface area contributed by atoms with E-state index in [0.29, 0.717) is 18.7 Å². The first kappa shape index (κ1) is 17.0. The minimum atomic E-state index is -0.312.